The van der Waals surface area contributed by atoms with E-state index in [0.717, 1.165) is 5.75 Å². The molecule has 0 saturated heterocycles. The van der Waals surface area contributed by atoms with Crippen LogP contribution in [0.2, 0.25) is 0 Å². The molecule has 0 aliphatic carbocycles. The Bertz CT molecular complexity index is 476. The van der Waals surface area contributed by atoms with Gasteiger partial charge < -0.3 is 0 Å². The van der Waals surface area contributed by atoms with Gasteiger partial charge in [-0.15, -0.1) is 11.8 Å². The van der Waals surface area contributed by atoms with Crippen LogP contribution in [-0.4, -0.2) is 0 Å². The van der Waals surface area contributed by atoms with Crippen LogP contribution in [0.25, 0.3) is 0 Å². The second kappa shape index (κ2) is 6.65. The number of benzene rings is 2. The summed E-state index contributed by atoms with van der Waals surface area (Å²) in [6, 6.07) is 19.5. The first-order valence-corrected chi connectivity index (χ1v) is 7.55. The van der Waals surface area contributed by atoms with Crippen LogP contribution in [0.5, 0.6) is 0 Å². The zero-order chi connectivity index (χ0) is 12.8. The highest BCUT2D eigenvalue weighted by molar-refractivity contribution is 7.98. The van der Waals surface area contributed by atoms with Crippen LogP contribution in [0.1, 0.15) is 37.3 Å². The number of thioether (sulfide) groups is 1. The molecule has 0 aliphatic heterocycles. The van der Waals surface area contributed by atoms with Crippen LogP contribution in [0.15, 0.2) is 59.5 Å². The highest BCUT2D eigenvalue weighted by Crippen LogP contribution is 2.31. The van der Waals surface area contributed by atoms with Gasteiger partial charge in [0.05, 0.1) is 0 Å². The first-order chi connectivity index (χ1) is 8.81. The SMILES string of the molecule is CCC(C)c1ccccc1SCc1ccccc1. The Kier molecular flexibility index (Phi) is 4.89. The minimum Gasteiger partial charge on any atom is -0.121 e. The molecule has 2 aromatic carbocycles. The van der Waals surface area contributed by atoms with E-state index in [1.54, 1.807) is 0 Å². The molecular weight excluding hydrogens is 236 g/mol. The Morgan fingerprint density at radius 1 is 0.944 bits per heavy atom. The molecular formula is C17H20S. The number of rotatable bonds is 5. The second-order valence-electron chi connectivity index (χ2n) is 4.62. The van der Waals surface area contributed by atoms with Gasteiger partial charge in [-0.3, -0.25) is 0 Å². The van der Waals surface area contributed by atoms with Gasteiger partial charge in [-0.25, -0.2) is 0 Å². The fourth-order valence-electron chi connectivity index (χ4n) is 1.97. The van der Waals surface area contributed by atoms with E-state index in [9.17, 15) is 0 Å². The van der Waals surface area contributed by atoms with Gasteiger partial charge in [-0.05, 0) is 29.5 Å². The summed E-state index contributed by atoms with van der Waals surface area (Å²) < 4.78 is 0. The first kappa shape index (κ1) is 13.2. The highest BCUT2D eigenvalue weighted by Gasteiger charge is 2.08. The van der Waals surface area contributed by atoms with Crippen molar-refractivity contribution < 1.29 is 0 Å². The molecule has 0 fully saturated rings. The van der Waals surface area contributed by atoms with Gasteiger partial charge in [-0.1, -0.05) is 62.4 Å². The van der Waals surface area contributed by atoms with Gasteiger partial charge in [0.25, 0.3) is 0 Å². The van der Waals surface area contributed by atoms with Crippen LogP contribution in [-0.2, 0) is 5.75 Å². The standard InChI is InChI=1S/C17H20S/c1-3-14(2)16-11-7-8-12-17(16)18-13-15-9-5-4-6-10-15/h4-12,14H,3,13H2,1-2H3. The Morgan fingerprint density at radius 2 is 1.61 bits per heavy atom. The van der Waals surface area contributed by atoms with Crippen molar-refractivity contribution >= 4 is 11.8 Å². The Labute approximate surface area is 114 Å². The van der Waals surface area contributed by atoms with Crippen molar-refractivity contribution in [2.24, 2.45) is 0 Å². The summed E-state index contributed by atoms with van der Waals surface area (Å²) in [5, 5.41) is 0. The number of hydrogen-bond donors (Lipinski definition) is 0. The smallest absolute Gasteiger partial charge is 0.0232 e. The van der Waals surface area contributed by atoms with Crippen molar-refractivity contribution in [3.8, 4) is 0 Å². The van der Waals surface area contributed by atoms with Crippen molar-refractivity contribution in [3.63, 3.8) is 0 Å². The third kappa shape index (κ3) is 3.39. The average molecular weight is 256 g/mol. The summed E-state index contributed by atoms with van der Waals surface area (Å²) in [4.78, 5) is 1.43. The molecule has 0 radical (unpaired) electrons. The predicted molar refractivity (Wildman–Crippen MR) is 81.2 cm³/mol. The molecule has 0 N–H and O–H groups in total. The Morgan fingerprint density at radius 3 is 2.33 bits per heavy atom. The van der Waals surface area contributed by atoms with Crippen LogP contribution in [0.4, 0.5) is 0 Å². The lowest BCUT2D eigenvalue weighted by Crippen LogP contribution is -1.94. The van der Waals surface area contributed by atoms with E-state index >= 15 is 0 Å². The molecule has 0 nitrogen and oxygen atoms in total. The molecule has 1 unspecified atom stereocenters. The van der Waals surface area contributed by atoms with E-state index in [1.165, 1.54) is 22.4 Å². The third-order valence-electron chi connectivity index (χ3n) is 3.30. The summed E-state index contributed by atoms with van der Waals surface area (Å²) in [5.41, 5.74) is 2.88. The summed E-state index contributed by atoms with van der Waals surface area (Å²) in [6.45, 7) is 4.56. The van der Waals surface area contributed by atoms with Crippen molar-refractivity contribution in [1.82, 2.24) is 0 Å². The molecule has 1 atom stereocenters. The van der Waals surface area contributed by atoms with Crippen LogP contribution >= 0.6 is 11.8 Å². The largest absolute Gasteiger partial charge is 0.121 e. The topological polar surface area (TPSA) is 0 Å². The van der Waals surface area contributed by atoms with Crippen LogP contribution < -0.4 is 0 Å². The summed E-state index contributed by atoms with van der Waals surface area (Å²) in [5.74, 6) is 1.69. The maximum atomic E-state index is 2.31. The molecule has 0 bridgehead atoms. The van der Waals surface area contributed by atoms with E-state index in [-0.39, 0.29) is 0 Å². The molecule has 1 heteroatoms. The average Bonchev–Trinajstić information content (AvgIpc) is 2.45. The number of hydrogen-bond acceptors (Lipinski definition) is 1. The van der Waals surface area contributed by atoms with Crippen molar-refractivity contribution in [2.75, 3.05) is 0 Å². The summed E-state index contributed by atoms with van der Waals surface area (Å²) in [6.07, 6.45) is 1.20. The van der Waals surface area contributed by atoms with E-state index < -0.39 is 0 Å². The fourth-order valence-corrected chi connectivity index (χ4v) is 3.10. The minimum atomic E-state index is 0.643. The minimum absolute atomic E-state index is 0.643. The van der Waals surface area contributed by atoms with Gasteiger partial charge in [-0.2, -0.15) is 0 Å². The monoisotopic (exact) mass is 256 g/mol. The van der Waals surface area contributed by atoms with Gasteiger partial charge >= 0.3 is 0 Å². The molecule has 2 rings (SSSR count). The van der Waals surface area contributed by atoms with Gasteiger partial charge in [0.1, 0.15) is 0 Å². The molecule has 0 saturated carbocycles. The fraction of sp³-hybridized carbons (Fsp3) is 0.294. The molecule has 94 valence electrons. The summed E-state index contributed by atoms with van der Waals surface area (Å²) >= 11 is 1.94. The van der Waals surface area contributed by atoms with Gasteiger partial charge in [0.2, 0.25) is 0 Å². The quantitative estimate of drug-likeness (QED) is 0.637. The van der Waals surface area contributed by atoms with E-state index in [1.807, 2.05) is 11.8 Å². The summed E-state index contributed by atoms with van der Waals surface area (Å²) in [7, 11) is 0. The molecule has 2 aromatic rings. The first-order valence-electron chi connectivity index (χ1n) is 6.57. The van der Waals surface area contributed by atoms with Crippen molar-refractivity contribution in [2.45, 2.75) is 36.8 Å². The van der Waals surface area contributed by atoms with Crippen LogP contribution in [0, 0.1) is 0 Å². The Hall–Kier alpha value is -1.21. The van der Waals surface area contributed by atoms with E-state index in [0.29, 0.717) is 5.92 Å². The Balaban J connectivity index is 2.10. The lowest BCUT2D eigenvalue weighted by Gasteiger charge is -2.14. The van der Waals surface area contributed by atoms with Gasteiger partial charge in [0, 0.05) is 10.6 Å². The lowest BCUT2D eigenvalue weighted by molar-refractivity contribution is 0.719. The predicted octanol–water partition coefficient (Wildman–Crippen LogP) is 5.49. The normalized spacial score (nSPS) is 12.3. The maximum absolute atomic E-state index is 2.31. The van der Waals surface area contributed by atoms with Crippen molar-refractivity contribution in [1.29, 1.82) is 0 Å². The highest BCUT2D eigenvalue weighted by atomic mass is 32.2. The molecule has 0 spiro atoms. The lowest BCUT2D eigenvalue weighted by atomic mass is 9.99. The van der Waals surface area contributed by atoms with Gasteiger partial charge in [0.15, 0.2) is 0 Å². The van der Waals surface area contributed by atoms with E-state index in [2.05, 4.69) is 68.4 Å². The molecule has 18 heavy (non-hydrogen) atoms. The maximum Gasteiger partial charge on any atom is 0.0232 e. The zero-order valence-electron chi connectivity index (χ0n) is 11.1. The molecule has 0 amide bonds. The molecule has 0 aliphatic rings. The second-order valence-corrected chi connectivity index (χ2v) is 5.64. The zero-order valence-corrected chi connectivity index (χ0v) is 11.9. The molecule has 0 heterocycles. The third-order valence-corrected chi connectivity index (χ3v) is 4.46. The molecule has 0 aromatic heterocycles. The van der Waals surface area contributed by atoms with Crippen molar-refractivity contribution in [3.05, 3.63) is 65.7 Å². The van der Waals surface area contributed by atoms with Crippen LogP contribution in [0.3, 0.4) is 0 Å². The van der Waals surface area contributed by atoms with E-state index in [4.69, 9.17) is 0 Å².